The van der Waals surface area contributed by atoms with Crippen molar-refractivity contribution in [3.8, 4) is 0 Å². The van der Waals surface area contributed by atoms with Gasteiger partial charge in [-0.2, -0.15) is 0 Å². The molecule has 4 nitrogen and oxygen atoms in total. The Morgan fingerprint density at radius 2 is 2.00 bits per heavy atom. The summed E-state index contributed by atoms with van der Waals surface area (Å²) < 4.78 is 0. The monoisotopic (exact) mass is 210 g/mol. The number of hydrogen-bond donors (Lipinski definition) is 2. The molecule has 0 aliphatic rings. The van der Waals surface area contributed by atoms with E-state index in [1.807, 2.05) is 6.92 Å². The molecule has 0 fully saturated rings. The second-order valence-electron chi connectivity index (χ2n) is 3.48. The highest BCUT2D eigenvalue weighted by Crippen LogP contribution is 2.00. The maximum Gasteiger partial charge on any atom is 0.246 e. The Bertz CT molecular complexity index is 306. The molecule has 15 heavy (non-hydrogen) atoms. The summed E-state index contributed by atoms with van der Waals surface area (Å²) in [5.41, 5.74) is 5.98. The minimum absolute atomic E-state index is 0.179. The van der Waals surface area contributed by atoms with Crippen LogP contribution in [0.2, 0.25) is 0 Å². The van der Waals surface area contributed by atoms with Gasteiger partial charge in [0.1, 0.15) is 0 Å². The lowest BCUT2D eigenvalue weighted by Gasteiger charge is -2.13. The van der Waals surface area contributed by atoms with Gasteiger partial charge in [0.15, 0.2) is 0 Å². The molecule has 0 saturated carbocycles. The van der Waals surface area contributed by atoms with Crippen LogP contribution < -0.4 is 11.1 Å². The molecule has 1 unspecified atom stereocenters. The van der Waals surface area contributed by atoms with Gasteiger partial charge in [0.25, 0.3) is 0 Å². The molecule has 2 amide bonds. The zero-order valence-corrected chi connectivity index (χ0v) is 9.46. The molecular formula is C11H18N2O2. The van der Waals surface area contributed by atoms with Crippen LogP contribution in [0.4, 0.5) is 0 Å². The number of primary amides is 1. The van der Waals surface area contributed by atoms with Crippen LogP contribution in [-0.2, 0) is 9.59 Å². The van der Waals surface area contributed by atoms with E-state index < -0.39 is 5.91 Å². The molecule has 1 atom stereocenters. The van der Waals surface area contributed by atoms with Gasteiger partial charge >= 0.3 is 0 Å². The molecule has 0 saturated heterocycles. The van der Waals surface area contributed by atoms with E-state index in [4.69, 9.17) is 5.73 Å². The second-order valence-corrected chi connectivity index (χ2v) is 3.48. The van der Waals surface area contributed by atoms with E-state index in [1.54, 1.807) is 19.9 Å². The predicted molar refractivity (Wildman–Crippen MR) is 60.0 cm³/mol. The van der Waals surface area contributed by atoms with Crippen molar-refractivity contribution in [1.82, 2.24) is 5.32 Å². The summed E-state index contributed by atoms with van der Waals surface area (Å²) in [7, 11) is 0. The normalized spacial score (nSPS) is 13.1. The lowest BCUT2D eigenvalue weighted by molar-refractivity contribution is -0.118. The topological polar surface area (TPSA) is 72.2 Å². The molecule has 0 spiro atoms. The number of nitrogens with two attached hydrogens (primary N) is 1. The Labute approximate surface area is 90.2 Å². The molecule has 3 N–H and O–H groups in total. The van der Waals surface area contributed by atoms with Crippen LogP contribution in [0.5, 0.6) is 0 Å². The molecule has 0 aliphatic heterocycles. The van der Waals surface area contributed by atoms with E-state index in [1.165, 1.54) is 0 Å². The van der Waals surface area contributed by atoms with Crippen molar-refractivity contribution in [2.24, 2.45) is 5.73 Å². The Balaban J connectivity index is 4.52. The average molecular weight is 210 g/mol. The summed E-state index contributed by atoms with van der Waals surface area (Å²) in [6, 6.07) is -0.179. The van der Waals surface area contributed by atoms with Crippen molar-refractivity contribution < 1.29 is 9.59 Å². The van der Waals surface area contributed by atoms with E-state index in [-0.39, 0.29) is 11.9 Å². The highest BCUT2D eigenvalue weighted by molar-refractivity contribution is 5.93. The van der Waals surface area contributed by atoms with Crippen molar-refractivity contribution in [1.29, 1.82) is 0 Å². The first kappa shape index (κ1) is 13.4. The van der Waals surface area contributed by atoms with Crippen LogP contribution >= 0.6 is 0 Å². The molecule has 0 heterocycles. The summed E-state index contributed by atoms with van der Waals surface area (Å²) in [6.07, 6.45) is 2.35. The van der Waals surface area contributed by atoms with Crippen LogP contribution in [0.25, 0.3) is 0 Å². The Morgan fingerprint density at radius 1 is 1.47 bits per heavy atom. The third kappa shape index (κ3) is 5.00. The molecule has 0 rings (SSSR count). The smallest absolute Gasteiger partial charge is 0.246 e. The lowest BCUT2D eigenvalue weighted by Crippen LogP contribution is -2.34. The van der Waals surface area contributed by atoms with E-state index in [0.717, 1.165) is 0 Å². The first-order valence-electron chi connectivity index (χ1n) is 4.83. The molecule has 84 valence electrons. The van der Waals surface area contributed by atoms with Crippen LogP contribution in [0, 0.1) is 0 Å². The van der Waals surface area contributed by atoms with Gasteiger partial charge < -0.3 is 11.1 Å². The quantitative estimate of drug-likeness (QED) is 0.661. The zero-order chi connectivity index (χ0) is 12.0. The van der Waals surface area contributed by atoms with Gasteiger partial charge in [0.05, 0.1) is 0 Å². The summed E-state index contributed by atoms with van der Waals surface area (Å²) in [5, 5.41) is 2.73. The van der Waals surface area contributed by atoms with Gasteiger partial charge in [-0.3, -0.25) is 9.59 Å². The number of rotatable bonds is 5. The number of carbonyl (C=O) groups excluding carboxylic acids is 2. The summed E-state index contributed by atoms with van der Waals surface area (Å²) >= 11 is 0. The SMILES string of the molecule is C=C(C)C(=O)NC(C=C(C)C(N)=O)CC. The third-order valence-electron chi connectivity index (χ3n) is 1.98. The number of nitrogens with one attached hydrogen (secondary N) is 1. The predicted octanol–water partition coefficient (Wildman–Crippen LogP) is 0.889. The van der Waals surface area contributed by atoms with Crippen LogP contribution in [0.3, 0.4) is 0 Å². The lowest BCUT2D eigenvalue weighted by atomic mass is 10.1. The van der Waals surface area contributed by atoms with Gasteiger partial charge in [-0.25, -0.2) is 0 Å². The van der Waals surface area contributed by atoms with E-state index in [9.17, 15) is 9.59 Å². The minimum atomic E-state index is -0.474. The van der Waals surface area contributed by atoms with Gasteiger partial charge in [-0.1, -0.05) is 19.6 Å². The molecular weight excluding hydrogens is 192 g/mol. The van der Waals surface area contributed by atoms with Gasteiger partial charge in [0, 0.05) is 17.2 Å². The standard InChI is InChI=1S/C11H18N2O2/c1-5-9(6-8(4)10(12)14)13-11(15)7(2)3/h6,9H,2,5H2,1,3-4H3,(H2,12,14)(H,13,15). The van der Waals surface area contributed by atoms with Crippen molar-refractivity contribution in [3.05, 3.63) is 23.8 Å². The largest absolute Gasteiger partial charge is 0.366 e. The highest BCUT2D eigenvalue weighted by Gasteiger charge is 2.09. The van der Waals surface area contributed by atoms with Crippen molar-refractivity contribution in [3.63, 3.8) is 0 Å². The molecule has 0 bridgehead atoms. The van der Waals surface area contributed by atoms with Crippen molar-refractivity contribution >= 4 is 11.8 Å². The van der Waals surface area contributed by atoms with Crippen molar-refractivity contribution in [2.45, 2.75) is 33.2 Å². The zero-order valence-electron chi connectivity index (χ0n) is 9.46. The maximum absolute atomic E-state index is 11.3. The number of carbonyl (C=O) groups is 2. The second kappa shape index (κ2) is 6.01. The van der Waals surface area contributed by atoms with E-state index >= 15 is 0 Å². The Kier molecular flexibility index (Phi) is 5.37. The van der Waals surface area contributed by atoms with E-state index in [0.29, 0.717) is 17.6 Å². The fraction of sp³-hybridized carbons (Fsp3) is 0.455. The number of amides is 2. The molecule has 0 aliphatic carbocycles. The fourth-order valence-corrected chi connectivity index (χ4v) is 0.937. The van der Waals surface area contributed by atoms with Gasteiger partial charge in [0.2, 0.25) is 11.8 Å². The summed E-state index contributed by atoms with van der Waals surface area (Å²) in [6.45, 7) is 8.70. The molecule has 0 radical (unpaired) electrons. The number of hydrogen-bond acceptors (Lipinski definition) is 2. The average Bonchev–Trinajstić information content (AvgIpc) is 2.15. The minimum Gasteiger partial charge on any atom is -0.366 e. The third-order valence-corrected chi connectivity index (χ3v) is 1.98. The van der Waals surface area contributed by atoms with Gasteiger partial charge in [-0.05, 0) is 20.3 Å². The van der Waals surface area contributed by atoms with Gasteiger partial charge in [-0.15, -0.1) is 0 Å². The Hall–Kier alpha value is -1.58. The molecule has 4 heteroatoms. The van der Waals surface area contributed by atoms with E-state index in [2.05, 4.69) is 11.9 Å². The summed E-state index contributed by atoms with van der Waals surface area (Å²) in [4.78, 5) is 22.1. The first-order valence-corrected chi connectivity index (χ1v) is 4.83. The fourth-order valence-electron chi connectivity index (χ4n) is 0.937. The van der Waals surface area contributed by atoms with Crippen LogP contribution in [-0.4, -0.2) is 17.9 Å². The molecule has 0 aromatic heterocycles. The highest BCUT2D eigenvalue weighted by atomic mass is 16.2. The van der Waals surface area contributed by atoms with Crippen molar-refractivity contribution in [2.75, 3.05) is 0 Å². The first-order chi connectivity index (χ1) is 6.88. The maximum atomic E-state index is 11.3. The summed E-state index contributed by atoms with van der Waals surface area (Å²) in [5.74, 6) is -0.687. The molecule has 0 aromatic rings. The van der Waals surface area contributed by atoms with Crippen LogP contribution in [0.15, 0.2) is 23.8 Å². The Morgan fingerprint density at radius 3 is 2.33 bits per heavy atom. The molecule has 0 aromatic carbocycles. The van der Waals surface area contributed by atoms with Crippen LogP contribution in [0.1, 0.15) is 27.2 Å².